The second kappa shape index (κ2) is 5.65. The number of carbonyl (C=O) groups excluding carboxylic acids is 1. The number of aryl methyl sites for hydroxylation is 1. The van der Waals surface area contributed by atoms with Gasteiger partial charge < -0.3 is 4.74 Å². The fourth-order valence-electron chi connectivity index (χ4n) is 1.24. The van der Waals surface area contributed by atoms with Gasteiger partial charge in [0.25, 0.3) is 0 Å². The quantitative estimate of drug-likeness (QED) is 0.611. The van der Waals surface area contributed by atoms with Crippen molar-refractivity contribution in [2.45, 2.75) is 18.7 Å². The Hall–Kier alpha value is -2.16. The van der Waals surface area contributed by atoms with Crippen molar-refractivity contribution >= 4 is 16.1 Å². The molecule has 1 aromatic carbocycles. The number of nitro groups is 1. The molecule has 9 heteroatoms. The Balaban J connectivity index is 3.24. The molecule has 1 aromatic rings. The fraction of sp³-hybridized carbons (Fsp3) is 0.300. The monoisotopic (exact) mass is 288 g/mol. The lowest BCUT2D eigenvalue weighted by Crippen LogP contribution is -2.41. The molecular weight excluding hydrogens is 276 g/mol. The number of nitrogens with zero attached hydrogens (tertiary/aromatic N) is 2. The first-order valence-corrected chi connectivity index (χ1v) is 6.67. The number of rotatable bonds is 4. The number of hydrogen-bond acceptors (Lipinski definition) is 6. The third-order valence-corrected chi connectivity index (χ3v) is 3.72. The fourth-order valence-corrected chi connectivity index (χ4v) is 2.35. The summed E-state index contributed by atoms with van der Waals surface area (Å²) >= 11 is 0. The van der Waals surface area contributed by atoms with Gasteiger partial charge in [-0.15, -0.1) is 0 Å². The molecule has 0 radical (unpaired) electrons. The Morgan fingerprint density at radius 1 is 1.37 bits per heavy atom. The van der Waals surface area contributed by atoms with Gasteiger partial charge in [0.05, 0.1) is 11.5 Å². The number of hydrogen-bond donors (Lipinski definition) is 0. The average Bonchev–Trinajstić information content (AvgIpc) is 2.28. The highest BCUT2D eigenvalue weighted by molar-refractivity contribution is 7.89. The molecule has 0 heterocycles. The van der Waals surface area contributed by atoms with Gasteiger partial charge in [-0.3, -0.25) is 0 Å². The lowest BCUT2D eigenvalue weighted by Gasteiger charge is -2.12. The maximum atomic E-state index is 12.0. The van der Waals surface area contributed by atoms with Crippen molar-refractivity contribution in [3.63, 3.8) is 0 Å². The van der Waals surface area contributed by atoms with Crippen LogP contribution in [0.2, 0.25) is 0 Å². The van der Waals surface area contributed by atoms with Crippen molar-refractivity contribution in [2.24, 2.45) is 0 Å². The second-order valence-corrected chi connectivity index (χ2v) is 5.27. The van der Waals surface area contributed by atoms with Gasteiger partial charge in [-0.25, -0.2) is 14.9 Å². The standard InChI is InChI=1S/C10H12N2O6S/c1-3-18-10(13)11(12(14)15)19(16,17)9-6-4-8(2)5-7-9/h4-7H,3H2,1-2H3. The topological polar surface area (TPSA) is 107 Å². The third kappa shape index (κ3) is 3.19. The summed E-state index contributed by atoms with van der Waals surface area (Å²) in [5, 5.41) is 9.43. The van der Waals surface area contributed by atoms with E-state index in [1.807, 2.05) is 0 Å². The normalized spacial score (nSPS) is 10.8. The minimum absolute atomic E-state index is 0.174. The lowest BCUT2D eigenvalue weighted by atomic mass is 10.2. The smallest absolute Gasteiger partial charge is 0.445 e. The summed E-state index contributed by atoms with van der Waals surface area (Å²) in [5.41, 5.74) is 0.780. The summed E-state index contributed by atoms with van der Waals surface area (Å²) in [5.74, 6) is 0. The number of benzene rings is 1. The van der Waals surface area contributed by atoms with Crippen LogP contribution in [-0.2, 0) is 14.8 Å². The summed E-state index contributed by atoms with van der Waals surface area (Å²) in [4.78, 5) is 21.8. The van der Waals surface area contributed by atoms with Gasteiger partial charge in [0.1, 0.15) is 4.41 Å². The lowest BCUT2D eigenvalue weighted by molar-refractivity contribution is -0.601. The van der Waals surface area contributed by atoms with Gasteiger partial charge in [0.15, 0.2) is 5.03 Å². The number of carbonyl (C=O) groups is 1. The third-order valence-electron chi connectivity index (χ3n) is 2.12. The van der Waals surface area contributed by atoms with Crippen molar-refractivity contribution in [1.29, 1.82) is 0 Å². The molecular formula is C10H12N2O6S. The Kier molecular flexibility index (Phi) is 4.43. The first kappa shape index (κ1) is 14.9. The Morgan fingerprint density at radius 2 is 1.89 bits per heavy atom. The zero-order chi connectivity index (χ0) is 14.6. The van der Waals surface area contributed by atoms with E-state index in [0.717, 1.165) is 5.56 Å². The highest BCUT2D eigenvalue weighted by Gasteiger charge is 2.41. The van der Waals surface area contributed by atoms with E-state index in [-0.39, 0.29) is 11.5 Å². The first-order chi connectivity index (χ1) is 8.80. The zero-order valence-corrected chi connectivity index (χ0v) is 11.1. The van der Waals surface area contributed by atoms with Crippen LogP contribution in [0.4, 0.5) is 4.79 Å². The van der Waals surface area contributed by atoms with Crippen LogP contribution < -0.4 is 0 Å². The number of ether oxygens (including phenoxy) is 1. The Labute approximate surface area is 109 Å². The summed E-state index contributed by atoms with van der Waals surface area (Å²) in [6.45, 7) is 2.97. The van der Waals surface area contributed by atoms with E-state index >= 15 is 0 Å². The van der Waals surface area contributed by atoms with E-state index in [4.69, 9.17) is 0 Å². The highest BCUT2D eigenvalue weighted by atomic mass is 32.2. The van der Waals surface area contributed by atoms with Gasteiger partial charge in [-0.05, 0) is 26.0 Å². The summed E-state index contributed by atoms with van der Waals surface area (Å²) in [6, 6.07) is 5.30. The molecule has 1 rings (SSSR count). The van der Waals surface area contributed by atoms with E-state index in [2.05, 4.69) is 4.74 Å². The highest BCUT2D eigenvalue weighted by Crippen LogP contribution is 2.17. The van der Waals surface area contributed by atoms with E-state index in [1.165, 1.54) is 31.2 Å². The molecule has 0 aromatic heterocycles. The van der Waals surface area contributed by atoms with Crippen molar-refractivity contribution in [3.05, 3.63) is 39.9 Å². The van der Waals surface area contributed by atoms with Gasteiger partial charge in [0, 0.05) is 0 Å². The molecule has 1 amide bonds. The van der Waals surface area contributed by atoms with Crippen molar-refractivity contribution in [1.82, 2.24) is 4.41 Å². The second-order valence-electron chi connectivity index (χ2n) is 3.50. The minimum atomic E-state index is -4.58. The molecule has 8 nitrogen and oxygen atoms in total. The largest absolute Gasteiger partial charge is 0.485 e. The molecule has 0 N–H and O–H groups in total. The molecule has 0 saturated heterocycles. The van der Waals surface area contributed by atoms with Gasteiger partial charge in [-0.1, -0.05) is 17.7 Å². The molecule has 0 atom stereocenters. The van der Waals surface area contributed by atoms with Crippen molar-refractivity contribution in [2.75, 3.05) is 6.61 Å². The van der Waals surface area contributed by atoms with Crippen LogP contribution in [0.3, 0.4) is 0 Å². The Bertz CT molecular complexity index is 581. The maximum Gasteiger partial charge on any atom is 0.485 e. The number of sulfonamides is 1. The van der Waals surface area contributed by atoms with E-state index in [1.54, 1.807) is 6.92 Å². The van der Waals surface area contributed by atoms with Crippen LogP contribution in [0.25, 0.3) is 0 Å². The van der Waals surface area contributed by atoms with Crippen LogP contribution in [-0.4, -0.2) is 30.6 Å². The molecule has 19 heavy (non-hydrogen) atoms. The minimum Gasteiger partial charge on any atom is -0.445 e. The van der Waals surface area contributed by atoms with Crippen LogP contribution in [0.15, 0.2) is 29.2 Å². The number of hydrazine groups is 1. The van der Waals surface area contributed by atoms with Gasteiger partial charge in [-0.2, -0.15) is 8.42 Å². The molecule has 0 bridgehead atoms. The molecule has 0 aliphatic carbocycles. The zero-order valence-electron chi connectivity index (χ0n) is 10.3. The Morgan fingerprint density at radius 3 is 2.32 bits per heavy atom. The van der Waals surface area contributed by atoms with Crippen LogP contribution in [0, 0.1) is 17.0 Å². The molecule has 0 unspecified atom stereocenters. The molecule has 0 spiro atoms. The summed E-state index contributed by atoms with van der Waals surface area (Å²) < 4.78 is 27.8. The average molecular weight is 288 g/mol. The molecule has 0 fully saturated rings. The van der Waals surface area contributed by atoms with Crippen LogP contribution in [0.5, 0.6) is 0 Å². The first-order valence-electron chi connectivity index (χ1n) is 5.23. The van der Waals surface area contributed by atoms with Gasteiger partial charge >= 0.3 is 16.1 Å². The van der Waals surface area contributed by atoms with Crippen LogP contribution >= 0.6 is 0 Å². The van der Waals surface area contributed by atoms with Crippen LogP contribution in [0.1, 0.15) is 12.5 Å². The predicted octanol–water partition coefficient (Wildman–Crippen LogP) is 1.33. The van der Waals surface area contributed by atoms with Crippen molar-refractivity contribution in [3.8, 4) is 0 Å². The van der Waals surface area contributed by atoms with E-state index in [0.29, 0.717) is 0 Å². The molecule has 104 valence electrons. The molecule has 0 saturated carbocycles. The number of amides is 1. The molecule has 0 aliphatic heterocycles. The predicted molar refractivity (Wildman–Crippen MR) is 64.2 cm³/mol. The van der Waals surface area contributed by atoms with Gasteiger partial charge in [0.2, 0.25) is 0 Å². The summed E-state index contributed by atoms with van der Waals surface area (Å²) in [7, 11) is -4.58. The van der Waals surface area contributed by atoms with E-state index in [9.17, 15) is 23.3 Å². The maximum absolute atomic E-state index is 12.0. The SMILES string of the molecule is CCOC(=O)N([N+](=O)[O-])S(=O)(=O)c1ccc(C)cc1. The van der Waals surface area contributed by atoms with E-state index < -0.39 is 25.6 Å². The summed E-state index contributed by atoms with van der Waals surface area (Å²) in [6.07, 6.45) is -1.55. The van der Waals surface area contributed by atoms with Crippen molar-refractivity contribution < 1.29 is 23.0 Å². The molecule has 0 aliphatic rings.